The van der Waals surface area contributed by atoms with Crippen molar-refractivity contribution in [1.29, 1.82) is 0 Å². The molecule has 174 valence electrons. The molecule has 0 radical (unpaired) electrons. The van der Waals surface area contributed by atoms with E-state index in [1.54, 1.807) is 0 Å². The number of nitrogens with zero attached hydrogens (tertiary/aromatic N) is 2. The molecule has 6 nitrogen and oxygen atoms in total. The van der Waals surface area contributed by atoms with Gasteiger partial charge in [0.25, 0.3) is 0 Å². The summed E-state index contributed by atoms with van der Waals surface area (Å²) in [6, 6.07) is 9.58. The van der Waals surface area contributed by atoms with E-state index in [1.165, 1.54) is 39.4 Å². The number of thiazole rings is 1. The summed E-state index contributed by atoms with van der Waals surface area (Å²) in [5, 5.41) is 5.35. The molecule has 4 rings (SSSR count). The molecular weight excluding hydrogens is 461 g/mol. The van der Waals surface area contributed by atoms with Gasteiger partial charge >= 0.3 is 0 Å². The predicted molar refractivity (Wildman–Crippen MR) is 128 cm³/mol. The van der Waals surface area contributed by atoms with Crippen LogP contribution in [-0.2, 0) is 14.8 Å². The van der Waals surface area contributed by atoms with Crippen LogP contribution in [0.1, 0.15) is 29.5 Å². The summed E-state index contributed by atoms with van der Waals surface area (Å²) >= 11 is 1.37. The summed E-state index contributed by atoms with van der Waals surface area (Å²) in [5.74, 6) is -1.26. The van der Waals surface area contributed by atoms with Crippen LogP contribution in [0.2, 0.25) is 0 Å². The first-order valence-electron chi connectivity index (χ1n) is 10.8. The second-order valence-corrected chi connectivity index (χ2v) is 11.2. The number of aromatic nitrogens is 1. The third-order valence-corrected chi connectivity index (χ3v) is 8.64. The van der Waals surface area contributed by atoms with Gasteiger partial charge in [0.05, 0.1) is 5.69 Å². The smallest absolute Gasteiger partial charge is 0.245 e. The van der Waals surface area contributed by atoms with Gasteiger partial charge in [0.15, 0.2) is 5.13 Å². The summed E-state index contributed by atoms with van der Waals surface area (Å²) in [5.41, 5.74) is 5.37. The number of halogens is 1. The molecule has 33 heavy (non-hydrogen) atoms. The van der Waals surface area contributed by atoms with Crippen molar-refractivity contribution in [2.75, 3.05) is 18.4 Å². The summed E-state index contributed by atoms with van der Waals surface area (Å²) in [7, 11) is -3.92. The maximum absolute atomic E-state index is 14.0. The van der Waals surface area contributed by atoms with E-state index in [9.17, 15) is 17.6 Å². The Bertz CT molecular complexity index is 1270. The lowest BCUT2D eigenvalue weighted by Gasteiger charge is -2.30. The van der Waals surface area contributed by atoms with Crippen LogP contribution in [0.3, 0.4) is 0 Å². The van der Waals surface area contributed by atoms with Crippen molar-refractivity contribution in [3.63, 3.8) is 0 Å². The predicted octanol–water partition coefficient (Wildman–Crippen LogP) is 4.91. The zero-order valence-corrected chi connectivity index (χ0v) is 20.4. The Kier molecular flexibility index (Phi) is 6.65. The minimum Gasteiger partial charge on any atom is -0.302 e. The SMILES string of the molecule is Cc1cc(C)c(-c2csc(NC(=O)C3CCN(S(=O)(=O)c4ccccc4F)CC3)n2)c(C)c1. The van der Waals surface area contributed by atoms with Crippen LogP contribution in [0.15, 0.2) is 46.7 Å². The number of benzene rings is 2. The molecule has 2 heterocycles. The number of amides is 1. The van der Waals surface area contributed by atoms with Gasteiger partial charge in [0.1, 0.15) is 10.7 Å². The molecule has 0 unspecified atom stereocenters. The Morgan fingerprint density at radius 1 is 1.12 bits per heavy atom. The van der Waals surface area contributed by atoms with Crippen LogP contribution in [0.4, 0.5) is 9.52 Å². The van der Waals surface area contributed by atoms with Gasteiger partial charge in [-0.05, 0) is 56.9 Å². The van der Waals surface area contributed by atoms with Gasteiger partial charge in [-0.2, -0.15) is 4.31 Å². The summed E-state index contributed by atoms with van der Waals surface area (Å²) in [6.07, 6.45) is 0.738. The molecule has 1 aliphatic rings. The van der Waals surface area contributed by atoms with Crippen molar-refractivity contribution in [2.24, 2.45) is 5.92 Å². The Morgan fingerprint density at radius 2 is 1.76 bits per heavy atom. The molecule has 1 aliphatic heterocycles. The molecule has 2 aromatic carbocycles. The molecule has 0 saturated carbocycles. The van der Waals surface area contributed by atoms with Crippen LogP contribution in [-0.4, -0.2) is 36.7 Å². The van der Waals surface area contributed by atoms with Gasteiger partial charge in [-0.25, -0.2) is 17.8 Å². The molecule has 0 atom stereocenters. The van der Waals surface area contributed by atoms with Crippen LogP contribution >= 0.6 is 11.3 Å². The average molecular weight is 488 g/mol. The van der Waals surface area contributed by atoms with Gasteiger partial charge in [-0.3, -0.25) is 4.79 Å². The number of piperidine rings is 1. The number of hydrogen-bond donors (Lipinski definition) is 1. The molecular formula is C24H26FN3O3S2. The van der Waals surface area contributed by atoms with E-state index in [4.69, 9.17) is 0 Å². The van der Waals surface area contributed by atoms with E-state index in [0.717, 1.165) is 28.5 Å². The number of nitrogens with one attached hydrogen (secondary N) is 1. The number of aryl methyl sites for hydroxylation is 3. The van der Waals surface area contributed by atoms with Gasteiger partial charge in [0, 0.05) is 30.0 Å². The quantitative estimate of drug-likeness (QED) is 0.554. The standard InChI is InChI=1S/C24H26FN3O3S2/c1-15-12-16(2)22(17(3)13-15)20-14-32-24(26-20)27-23(29)18-8-10-28(11-9-18)33(30,31)21-7-5-4-6-19(21)25/h4-7,12-14,18H,8-11H2,1-3H3,(H,26,27,29). The van der Waals surface area contributed by atoms with Crippen molar-refractivity contribution in [3.8, 4) is 11.3 Å². The van der Waals surface area contributed by atoms with E-state index < -0.39 is 15.8 Å². The highest BCUT2D eigenvalue weighted by Crippen LogP contribution is 2.32. The lowest BCUT2D eigenvalue weighted by Crippen LogP contribution is -2.41. The first-order valence-corrected chi connectivity index (χ1v) is 13.1. The van der Waals surface area contributed by atoms with Crippen molar-refractivity contribution in [3.05, 3.63) is 64.3 Å². The number of rotatable bonds is 5. The number of hydrogen-bond acceptors (Lipinski definition) is 5. The zero-order valence-electron chi connectivity index (χ0n) is 18.8. The van der Waals surface area contributed by atoms with E-state index in [2.05, 4.69) is 43.2 Å². The lowest BCUT2D eigenvalue weighted by atomic mass is 9.97. The third kappa shape index (κ3) is 4.85. The molecule has 0 aliphatic carbocycles. The van der Waals surface area contributed by atoms with Crippen LogP contribution in [0, 0.1) is 32.5 Å². The topological polar surface area (TPSA) is 79.4 Å². The fourth-order valence-electron chi connectivity index (χ4n) is 4.39. The highest BCUT2D eigenvalue weighted by molar-refractivity contribution is 7.89. The Labute approximate surface area is 197 Å². The molecule has 1 amide bonds. The van der Waals surface area contributed by atoms with Crippen molar-refractivity contribution >= 4 is 32.4 Å². The van der Waals surface area contributed by atoms with Crippen LogP contribution in [0.25, 0.3) is 11.3 Å². The Balaban J connectivity index is 1.40. The maximum Gasteiger partial charge on any atom is 0.245 e. The van der Waals surface area contributed by atoms with E-state index in [0.29, 0.717) is 18.0 Å². The molecule has 0 bridgehead atoms. The second-order valence-electron chi connectivity index (χ2n) is 8.41. The second kappa shape index (κ2) is 9.32. The molecule has 1 N–H and O–H groups in total. The fourth-order valence-corrected chi connectivity index (χ4v) is 6.63. The van der Waals surface area contributed by atoms with E-state index >= 15 is 0 Å². The minimum absolute atomic E-state index is 0.166. The monoisotopic (exact) mass is 487 g/mol. The summed E-state index contributed by atoms with van der Waals surface area (Å²) < 4.78 is 40.8. The third-order valence-electron chi connectivity index (χ3n) is 5.95. The number of carbonyl (C=O) groups is 1. The highest BCUT2D eigenvalue weighted by atomic mass is 32.2. The zero-order chi connectivity index (χ0) is 23.8. The number of carbonyl (C=O) groups excluding carboxylic acids is 1. The molecule has 9 heteroatoms. The average Bonchev–Trinajstić information content (AvgIpc) is 3.21. The lowest BCUT2D eigenvalue weighted by molar-refractivity contribution is -0.120. The first-order chi connectivity index (χ1) is 15.7. The van der Waals surface area contributed by atoms with Crippen LogP contribution in [0.5, 0.6) is 0 Å². The normalized spacial score (nSPS) is 15.5. The Morgan fingerprint density at radius 3 is 2.39 bits per heavy atom. The minimum atomic E-state index is -3.92. The van der Waals surface area contributed by atoms with Gasteiger partial charge in [-0.15, -0.1) is 11.3 Å². The van der Waals surface area contributed by atoms with Gasteiger partial charge in [0.2, 0.25) is 15.9 Å². The molecule has 3 aromatic rings. The van der Waals surface area contributed by atoms with Crippen molar-refractivity contribution in [2.45, 2.75) is 38.5 Å². The van der Waals surface area contributed by atoms with Gasteiger partial charge in [-0.1, -0.05) is 29.8 Å². The highest BCUT2D eigenvalue weighted by Gasteiger charge is 2.33. The number of anilines is 1. The molecule has 1 saturated heterocycles. The van der Waals surface area contributed by atoms with Crippen molar-refractivity contribution < 1.29 is 17.6 Å². The molecule has 1 aromatic heterocycles. The number of sulfonamides is 1. The first kappa shape index (κ1) is 23.5. The molecule has 0 spiro atoms. The summed E-state index contributed by atoms with van der Waals surface area (Å²) in [4.78, 5) is 17.1. The maximum atomic E-state index is 14.0. The van der Waals surface area contributed by atoms with Crippen molar-refractivity contribution in [1.82, 2.24) is 9.29 Å². The van der Waals surface area contributed by atoms with Crippen LogP contribution < -0.4 is 5.32 Å². The largest absolute Gasteiger partial charge is 0.302 e. The van der Waals surface area contributed by atoms with Gasteiger partial charge < -0.3 is 5.32 Å². The van der Waals surface area contributed by atoms with E-state index in [1.807, 2.05) is 5.38 Å². The molecule has 1 fully saturated rings. The van der Waals surface area contributed by atoms with E-state index in [-0.39, 0.29) is 29.8 Å². The summed E-state index contributed by atoms with van der Waals surface area (Å²) in [6.45, 7) is 6.49. The Hall–Kier alpha value is -2.62. The fraction of sp³-hybridized carbons (Fsp3) is 0.333.